The van der Waals surface area contributed by atoms with Crippen LogP contribution in [0.15, 0.2) is 0 Å². The molecule has 0 aliphatic carbocycles. The van der Waals surface area contributed by atoms with E-state index in [1.165, 1.54) is 44.9 Å². The van der Waals surface area contributed by atoms with E-state index in [1.54, 1.807) is 0 Å². The molecule has 0 bridgehead atoms. The Morgan fingerprint density at radius 3 is 1.89 bits per heavy atom. The van der Waals surface area contributed by atoms with Gasteiger partial charge in [-0.25, -0.2) is 0 Å². The van der Waals surface area contributed by atoms with Crippen molar-refractivity contribution in [2.45, 2.75) is 90.5 Å². The van der Waals surface area contributed by atoms with Crippen LogP contribution in [0.5, 0.6) is 0 Å². The van der Waals surface area contributed by atoms with E-state index in [4.69, 9.17) is 5.11 Å². The van der Waals surface area contributed by atoms with Crippen molar-refractivity contribution < 1.29 is 9.90 Å². The fraction of sp³-hybridized carbons (Fsp3) is 0.938. The number of unbranched alkanes of at least 4 members (excludes halogenated alkanes) is 7. The molecule has 3 nitrogen and oxygen atoms in total. The monoisotopic (exact) mass is 271 g/mol. The molecule has 114 valence electrons. The molecule has 0 spiro atoms. The number of carboxylic acid groups (broad SMARTS) is 1. The van der Waals surface area contributed by atoms with Crippen molar-refractivity contribution in [3.05, 3.63) is 0 Å². The summed E-state index contributed by atoms with van der Waals surface area (Å²) >= 11 is 0. The fourth-order valence-electron chi connectivity index (χ4n) is 2.01. The number of hydrogen-bond acceptors (Lipinski definition) is 2. The van der Waals surface area contributed by atoms with E-state index in [0.29, 0.717) is 6.42 Å². The van der Waals surface area contributed by atoms with Gasteiger partial charge in [0.2, 0.25) is 0 Å². The zero-order chi connectivity index (χ0) is 14.6. The van der Waals surface area contributed by atoms with Crippen molar-refractivity contribution in [1.29, 1.82) is 0 Å². The van der Waals surface area contributed by atoms with Crippen LogP contribution in [0.1, 0.15) is 85.0 Å². The smallest absolute Gasteiger partial charge is 0.303 e. The van der Waals surface area contributed by atoms with Gasteiger partial charge in [0.1, 0.15) is 0 Å². The summed E-state index contributed by atoms with van der Waals surface area (Å²) in [5, 5.41) is 12.1. The molecule has 0 heterocycles. The predicted molar refractivity (Wildman–Crippen MR) is 81.6 cm³/mol. The molecule has 0 rings (SSSR count). The molecule has 0 saturated heterocycles. The molecular formula is C16H33NO2. The highest BCUT2D eigenvalue weighted by Gasteiger charge is 2.12. The molecule has 0 fully saturated rings. The van der Waals surface area contributed by atoms with Gasteiger partial charge in [0.25, 0.3) is 0 Å². The summed E-state index contributed by atoms with van der Waals surface area (Å²) in [5.41, 5.74) is 0.282. The van der Waals surface area contributed by atoms with E-state index >= 15 is 0 Å². The van der Waals surface area contributed by atoms with Crippen molar-refractivity contribution in [2.75, 3.05) is 6.54 Å². The number of carboxylic acids is 1. The number of carbonyl (C=O) groups is 1. The molecule has 3 heteroatoms. The number of aliphatic carboxylic acids is 1. The van der Waals surface area contributed by atoms with Crippen molar-refractivity contribution in [3.8, 4) is 0 Å². The predicted octanol–water partition coefficient (Wildman–Crippen LogP) is 4.36. The van der Waals surface area contributed by atoms with Gasteiger partial charge < -0.3 is 10.4 Å². The number of hydrogen-bond donors (Lipinski definition) is 2. The van der Waals surface area contributed by atoms with Gasteiger partial charge in [0.05, 0.1) is 0 Å². The zero-order valence-electron chi connectivity index (χ0n) is 13.1. The lowest BCUT2D eigenvalue weighted by molar-refractivity contribution is -0.137. The molecule has 2 N–H and O–H groups in total. The summed E-state index contributed by atoms with van der Waals surface area (Å²) in [5.74, 6) is -0.664. The van der Waals surface area contributed by atoms with Gasteiger partial charge in [0, 0.05) is 12.0 Å². The molecule has 0 aromatic rings. The van der Waals surface area contributed by atoms with Crippen LogP contribution in [0, 0.1) is 0 Å². The van der Waals surface area contributed by atoms with E-state index in [1.807, 2.05) is 0 Å². The number of rotatable bonds is 13. The van der Waals surface area contributed by atoms with Gasteiger partial charge in [-0.3, -0.25) is 4.79 Å². The first-order chi connectivity index (χ1) is 8.98. The topological polar surface area (TPSA) is 49.3 Å². The maximum atomic E-state index is 10.3. The fourth-order valence-corrected chi connectivity index (χ4v) is 2.01. The zero-order valence-corrected chi connectivity index (χ0v) is 13.1. The standard InChI is InChI=1S/C16H33NO2/c1-4-16(2,3)17-14-12-10-8-6-5-7-9-11-13-15(18)19/h17H,4-14H2,1-3H3,(H,18,19). The Hall–Kier alpha value is -0.570. The van der Waals surface area contributed by atoms with Crippen LogP contribution in [0.3, 0.4) is 0 Å². The highest BCUT2D eigenvalue weighted by atomic mass is 16.4. The maximum absolute atomic E-state index is 10.3. The molecule has 0 aromatic heterocycles. The van der Waals surface area contributed by atoms with Gasteiger partial charge in [-0.05, 0) is 39.7 Å². The molecule has 0 aromatic carbocycles. The highest BCUT2D eigenvalue weighted by molar-refractivity contribution is 5.66. The van der Waals surface area contributed by atoms with E-state index in [9.17, 15) is 4.79 Å². The van der Waals surface area contributed by atoms with E-state index in [0.717, 1.165) is 19.4 Å². The minimum atomic E-state index is -0.664. The summed E-state index contributed by atoms with van der Waals surface area (Å²) in [6.45, 7) is 7.85. The SMILES string of the molecule is CCC(C)(C)NCCCCCCCCCCC(=O)O. The van der Waals surface area contributed by atoms with Crippen LogP contribution < -0.4 is 5.32 Å². The van der Waals surface area contributed by atoms with Crippen molar-refractivity contribution in [3.63, 3.8) is 0 Å². The van der Waals surface area contributed by atoms with Gasteiger partial charge >= 0.3 is 5.97 Å². The average molecular weight is 271 g/mol. The third-order valence-electron chi connectivity index (χ3n) is 3.80. The minimum Gasteiger partial charge on any atom is -0.481 e. The molecule has 0 saturated carbocycles. The van der Waals surface area contributed by atoms with Gasteiger partial charge in [-0.2, -0.15) is 0 Å². The lowest BCUT2D eigenvalue weighted by Crippen LogP contribution is -2.38. The van der Waals surface area contributed by atoms with Crippen LogP contribution >= 0.6 is 0 Å². The van der Waals surface area contributed by atoms with Crippen molar-refractivity contribution in [2.24, 2.45) is 0 Å². The molecule has 0 aliphatic heterocycles. The Kier molecular flexibility index (Phi) is 10.9. The lowest BCUT2D eigenvalue weighted by Gasteiger charge is -2.24. The quantitative estimate of drug-likeness (QED) is 0.489. The molecule has 19 heavy (non-hydrogen) atoms. The van der Waals surface area contributed by atoms with Crippen molar-refractivity contribution in [1.82, 2.24) is 5.32 Å². The molecule has 0 unspecified atom stereocenters. The Morgan fingerprint density at radius 2 is 1.42 bits per heavy atom. The summed E-state index contributed by atoms with van der Waals surface area (Å²) in [6, 6.07) is 0. The second-order valence-corrected chi connectivity index (χ2v) is 6.14. The Morgan fingerprint density at radius 1 is 0.947 bits per heavy atom. The van der Waals surface area contributed by atoms with Gasteiger partial charge in [-0.15, -0.1) is 0 Å². The second-order valence-electron chi connectivity index (χ2n) is 6.14. The first kappa shape index (κ1) is 18.4. The Labute approximate surface area is 119 Å². The van der Waals surface area contributed by atoms with Crippen LogP contribution in [0.25, 0.3) is 0 Å². The van der Waals surface area contributed by atoms with Crippen LogP contribution in [-0.2, 0) is 4.79 Å². The second kappa shape index (κ2) is 11.3. The Bertz CT molecular complexity index is 227. The van der Waals surface area contributed by atoms with Gasteiger partial charge in [-0.1, -0.05) is 45.4 Å². The Balaban J connectivity index is 3.13. The third kappa shape index (κ3) is 13.7. The summed E-state index contributed by atoms with van der Waals surface area (Å²) in [7, 11) is 0. The van der Waals surface area contributed by atoms with Crippen LogP contribution in [0.4, 0.5) is 0 Å². The highest BCUT2D eigenvalue weighted by Crippen LogP contribution is 2.10. The first-order valence-corrected chi connectivity index (χ1v) is 7.95. The molecular weight excluding hydrogens is 238 g/mol. The normalized spacial score (nSPS) is 11.7. The maximum Gasteiger partial charge on any atom is 0.303 e. The summed E-state index contributed by atoms with van der Waals surface area (Å²) in [4.78, 5) is 10.3. The summed E-state index contributed by atoms with van der Waals surface area (Å²) in [6.07, 6.45) is 11.0. The molecule has 0 atom stereocenters. The largest absolute Gasteiger partial charge is 0.481 e. The van der Waals surface area contributed by atoms with E-state index in [-0.39, 0.29) is 5.54 Å². The first-order valence-electron chi connectivity index (χ1n) is 7.95. The van der Waals surface area contributed by atoms with Crippen LogP contribution in [-0.4, -0.2) is 23.2 Å². The summed E-state index contributed by atoms with van der Waals surface area (Å²) < 4.78 is 0. The number of nitrogens with one attached hydrogen (secondary N) is 1. The lowest BCUT2D eigenvalue weighted by atomic mass is 10.0. The van der Waals surface area contributed by atoms with E-state index in [2.05, 4.69) is 26.1 Å². The average Bonchev–Trinajstić information content (AvgIpc) is 2.35. The van der Waals surface area contributed by atoms with Gasteiger partial charge in [0.15, 0.2) is 0 Å². The van der Waals surface area contributed by atoms with E-state index < -0.39 is 5.97 Å². The van der Waals surface area contributed by atoms with Crippen LogP contribution in [0.2, 0.25) is 0 Å². The molecule has 0 aliphatic rings. The molecule has 0 amide bonds. The third-order valence-corrected chi connectivity index (χ3v) is 3.80. The van der Waals surface area contributed by atoms with Crippen molar-refractivity contribution >= 4 is 5.97 Å². The molecule has 0 radical (unpaired) electrons. The minimum absolute atomic E-state index is 0.282.